The van der Waals surface area contributed by atoms with E-state index in [4.69, 9.17) is 0 Å². The van der Waals surface area contributed by atoms with Gasteiger partial charge in [-0.15, -0.1) is 0 Å². The standard InChI is InChI=1S/C9H6BrF3/c1-2-6-3-4-7(10)5-8(6)9(11,12)13/h2-5H,1H2. The fraction of sp³-hybridized carbons (Fsp3) is 0.111. The van der Waals surface area contributed by atoms with E-state index in [9.17, 15) is 13.2 Å². The van der Waals surface area contributed by atoms with Crippen molar-refractivity contribution in [2.45, 2.75) is 6.18 Å². The lowest BCUT2D eigenvalue weighted by Crippen LogP contribution is -2.07. The first-order valence-corrected chi connectivity index (χ1v) is 4.23. The summed E-state index contributed by atoms with van der Waals surface area (Å²) < 4.78 is 37.4. The van der Waals surface area contributed by atoms with Crippen LogP contribution in [-0.2, 0) is 6.18 Å². The van der Waals surface area contributed by atoms with Gasteiger partial charge in [0.25, 0.3) is 0 Å². The Bertz CT molecular complexity index is 328. The molecule has 0 saturated heterocycles. The van der Waals surface area contributed by atoms with Gasteiger partial charge in [-0.05, 0) is 17.7 Å². The van der Waals surface area contributed by atoms with Crippen molar-refractivity contribution in [1.82, 2.24) is 0 Å². The Hall–Kier alpha value is -0.770. The normalized spacial score (nSPS) is 11.4. The molecular formula is C9H6BrF3. The average molecular weight is 251 g/mol. The first-order chi connectivity index (χ1) is 5.95. The number of benzene rings is 1. The van der Waals surface area contributed by atoms with Gasteiger partial charge in [-0.25, -0.2) is 0 Å². The molecule has 0 saturated carbocycles. The zero-order chi connectivity index (χ0) is 10.1. The van der Waals surface area contributed by atoms with E-state index >= 15 is 0 Å². The molecular weight excluding hydrogens is 245 g/mol. The smallest absolute Gasteiger partial charge is 0.166 e. The number of halogens is 4. The fourth-order valence-corrected chi connectivity index (χ4v) is 1.31. The highest BCUT2D eigenvalue weighted by Gasteiger charge is 2.32. The maximum Gasteiger partial charge on any atom is 0.417 e. The number of alkyl halides is 3. The van der Waals surface area contributed by atoms with Crippen LogP contribution in [0.25, 0.3) is 6.08 Å². The summed E-state index contributed by atoms with van der Waals surface area (Å²) >= 11 is 2.98. The van der Waals surface area contributed by atoms with Crippen LogP contribution in [0.1, 0.15) is 11.1 Å². The molecule has 0 unspecified atom stereocenters. The molecule has 0 N–H and O–H groups in total. The second-order valence-electron chi connectivity index (χ2n) is 2.43. The number of hydrogen-bond acceptors (Lipinski definition) is 0. The molecule has 0 aliphatic rings. The highest BCUT2D eigenvalue weighted by Crippen LogP contribution is 2.34. The molecule has 0 aromatic heterocycles. The van der Waals surface area contributed by atoms with E-state index in [1.54, 1.807) is 6.07 Å². The third-order valence-electron chi connectivity index (χ3n) is 1.54. The summed E-state index contributed by atoms with van der Waals surface area (Å²) in [5.41, 5.74) is -0.576. The van der Waals surface area contributed by atoms with Crippen molar-refractivity contribution in [2.75, 3.05) is 0 Å². The summed E-state index contributed by atoms with van der Waals surface area (Å²) in [6.45, 7) is 3.32. The summed E-state index contributed by atoms with van der Waals surface area (Å²) in [5.74, 6) is 0. The molecule has 1 rings (SSSR count). The van der Waals surface area contributed by atoms with Gasteiger partial charge < -0.3 is 0 Å². The molecule has 0 bridgehead atoms. The Kier molecular flexibility index (Phi) is 2.81. The summed E-state index contributed by atoms with van der Waals surface area (Å²) in [6.07, 6.45) is -3.14. The molecule has 1 aromatic rings. The number of hydrogen-bond donors (Lipinski definition) is 0. The minimum absolute atomic E-state index is 0.0932. The predicted molar refractivity (Wildman–Crippen MR) is 49.2 cm³/mol. The highest BCUT2D eigenvalue weighted by molar-refractivity contribution is 9.10. The van der Waals surface area contributed by atoms with Crippen molar-refractivity contribution in [3.63, 3.8) is 0 Å². The van der Waals surface area contributed by atoms with Crippen molar-refractivity contribution in [2.24, 2.45) is 0 Å². The van der Waals surface area contributed by atoms with Crippen LogP contribution in [0, 0.1) is 0 Å². The molecule has 0 spiro atoms. The van der Waals surface area contributed by atoms with Gasteiger partial charge in [0.05, 0.1) is 5.56 Å². The summed E-state index contributed by atoms with van der Waals surface area (Å²) in [7, 11) is 0. The minimum Gasteiger partial charge on any atom is -0.166 e. The Morgan fingerprint density at radius 1 is 1.31 bits per heavy atom. The lowest BCUT2D eigenvalue weighted by molar-refractivity contribution is -0.137. The van der Waals surface area contributed by atoms with Crippen molar-refractivity contribution >= 4 is 22.0 Å². The van der Waals surface area contributed by atoms with Crippen LogP contribution >= 0.6 is 15.9 Å². The van der Waals surface area contributed by atoms with Crippen molar-refractivity contribution < 1.29 is 13.2 Å². The monoisotopic (exact) mass is 250 g/mol. The van der Waals surface area contributed by atoms with Gasteiger partial charge in [0.2, 0.25) is 0 Å². The lowest BCUT2D eigenvalue weighted by atomic mass is 10.1. The van der Waals surface area contributed by atoms with E-state index in [1.807, 2.05) is 0 Å². The molecule has 0 fully saturated rings. The maximum absolute atomic E-state index is 12.3. The second-order valence-corrected chi connectivity index (χ2v) is 3.35. The van der Waals surface area contributed by atoms with E-state index in [1.165, 1.54) is 12.1 Å². The largest absolute Gasteiger partial charge is 0.417 e. The molecule has 13 heavy (non-hydrogen) atoms. The molecule has 4 heteroatoms. The molecule has 0 nitrogen and oxygen atoms in total. The fourth-order valence-electron chi connectivity index (χ4n) is 0.952. The van der Waals surface area contributed by atoms with Crippen molar-refractivity contribution in [1.29, 1.82) is 0 Å². The summed E-state index contributed by atoms with van der Waals surface area (Å²) in [6, 6.07) is 3.96. The van der Waals surface area contributed by atoms with Crippen molar-refractivity contribution in [3.05, 3.63) is 40.4 Å². The Morgan fingerprint density at radius 3 is 2.38 bits per heavy atom. The van der Waals surface area contributed by atoms with Gasteiger partial charge in [-0.2, -0.15) is 13.2 Å². The van der Waals surface area contributed by atoms with E-state index < -0.39 is 11.7 Å². The van der Waals surface area contributed by atoms with Gasteiger partial charge in [-0.1, -0.05) is 34.7 Å². The molecule has 0 radical (unpaired) electrons. The average Bonchev–Trinajstić information content (AvgIpc) is 2.03. The first kappa shape index (κ1) is 10.3. The second kappa shape index (κ2) is 3.54. The third-order valence-corrected chi connectivity index (χ3v) is 2.03. The van der Waals surface area contributed by atoms with Crippen LogP contribution < -0.4 is 0 Å². The van der Waals surface area contributed by atoms with E-state index in [0.29, 0.717) is 4.47 Å². The number of rotatable bonds is 1. The quantitative estimate of drug-likeness (QED) is 0.704. The van der Waals surface area contributed by atoms with Gasteiger partial charge in [-0.3, -0.25) is 0 Å². The lowest BCUT2D eigenvalue weighted by Gasteiger charge is -2.10. The van der Waals surface area contributed by atoms with E-state index in [2.05, 4.69) is 22.5 Å². The SMILES string of the molecule is C=Cc1ccc(Br)cc1C(F)(F)F. The summed E-state index contributed by atoms with van der Waals surface area (Å²) in [4.78, 5) is 0. The zero-order valence-corrected chi connectivity index (χ0v) is 8.11. The molecule has 1 aromatic carbocycles. The van der Waals surface area contributed by atoms with Crippen LogP contribution in [0.3, 0.4) is 0 Å². The van der Waals surface area contributed by atoms with Crippen LogP contribution in [0.15, 0.2) is 29.3 Å². The Balaban J connectivity index is 3.32. The highest BCUT2D eigenvalue weighted by atomic mass is 79.9. The Morgan fingerprint density at radius 2 is 1.92 bits per heavy atom. The van der Waals surface area contributed by atoms with Gasteiger partial charge >= 0.3 is 6.18 Å². The van der Waals surface area contributed by atoms with Gasteiger partial charge in [0.15, 0.2) is 0 Å². The molecule has 0 heterocycles. The molecule has 70 valence electrons. The molecule has 0 atom stereocenters. The maximum atomic E-state index is 12.3. The van der Waals surface area contributed by atoms with Crippen LogP contribution in [0.5, 0.6) is 0 Å². The predicted octanol–water partition coefficient (Wildman–Crippen LogP) is 4.11. The topological polar surface area (TPSA) is 0 Å². The minimum atomic E-state index is -4.33. The molecule has 0 aliphatic carbocycles. The van der Waals surface area contributed by atoms with Gasteiger partial charge in [0.1, 0.15) is 0 Å². The van der Waals surface area contributed by atoms with Crippen LogP contribution in [0.2, 0.25) is 0 Å². The van der Waals surface area contributed by atoms with Crippen molar-refractivity contribution in [3.8, 4) is 0 Å². The molecule has 0 aliphatic heterocycles. The van der Waals surface area contributed by atoms with Gasteiger partial charge in [0, 0.05) is 4.47 Å². The van der Waals surface area contributed by atoms with E-state index in [0.717, 1.165) is 6.07 Å². The first-order valence-electron chi connectivity index (χ1n) is 3.44. The summed E-state index contributed by atoms with van der Waals surface area (Å²) in [5, 5.41) is 0. The van der Waals surface area contributed by atoms with Crippen LogP contribution in [-0.4, -0.2) is 0 Å². The van der Waals surface area contributed by atoms with Crippen LogP contribution in [0.4, 0.5) is 13.2 Å². The molecule has 0 amide bonds. The Labute approximate surface area is 82.2 Å². The third kappa shape index (κ3) is 2.34. The van der Waals surface area contributed by atoms with E-state index in [-0.39, 0.29) is 5.56 Å². The zero-order valence-electron chi connectivity index (χ0n) is 6.53.